The maximum Gasteiger partial charge on any atom is 0.243 e. The zero-order chi connectivity index (χ0) is 19.0. The molecule has 2 fully saturated rings. The number of piperidine rings is 1. The van der Waals surface area contributed by atoms with Gasteiger partial charge >= 0.3 is 0 Å². The van der Waals surface area contributed by atoms with E-state index in [-0.39, 0.29) is 16.8 Å². The standard InChI is InChI=1S/C19H26N2O5S/c1-14(22)20-9-4-5-15-13-16(7-8-17(15)20)27(23,24)21-10-3-2-6-18(21)19-25-11-12-26-19/h7-8,13,18-19H,2-6,9-12H2,1H3. The Balaban J connectivity index is 1.66. The molecule has 27 heavy (non-hydrogen) atoms. The molecule has 8 heteroatoms. The van der Waals surface area contributed by atoms with Crippen LogP contribution in [-0.4, -0.2) is 57.3 Å². The van der Waals surface area contributed by atoms with Crippen molar-refractivity contribution in [3.63, 3.8) is 0 Å². The molecule has 1 unspecified atom stereocenters. The van der Waals surface area contributed by atoms with E-state index < -0.39 is 16.3 Å². The maximum absolute atomic E-state index is 13.4. The van der Waals surface area contributed by atoms with Crippen LogP contribution in [0.5, 0.6) is 0 Å². The van der Waals surface area contributed by atoms with Gasteiger partial charge in [0.25, 0.3) is 0 Å². The molecular formula is C19H26N2O5S. The van der Waals surface area contributed by atoms with Crippen LogP contribution in [0.25, 0.3) is 0 Å². The third kappa shape index (κ3) is 3.51. The van der Waals surface area contributed by atoms with Crippen molar-refractivity contribution in [3.8, 4) is 0 Å². The summed E-state index contributed by atoms with van der Waals surface area (Å²) >= 11 is 0. The number of hydrogen-bond donors (Lipinski definition) is 0. The largest absolute Gasteiger partial charge is 0.349 e. The lowest BCUT2D eigenvalue weighted by molar-refractivity contribution is -0.116. The van der Waals surface area contributed by atoms with Gasteiger partial charge in [-0.1, -0.05) is 6.42 Å². The minimum absolute atomic E-state index is 0.0156. The van der Waals surface area contributed by atoms with Crippen molar-refractivity contribution in [2.45, 2.75) is 56.3 Å². The van der Waals surface area contributed by atoms with Crippen LogP contribution in [0.4, 0.5) is 5.69 Å². The molecule has 1 aromatic rings. The summed E-state index contributed by atoms with van der Waals surface area (Å²) in [4.78, 5) is 13.9. The lowest BCUT2D eigenvalue weighted by Gasteiger charge is -2.37. The van der Waals surface area contributed by atoms with E-state index in [1.54, 1.807) is 34.3 Å². The highest BCUT2D eigenvalue weighted by atomic mass is 32.2. The van der Waals surface area contributed by atoms with Gasteiger partial charge in [-0.05, 0) is 49.4 Å². The number of benzene rings is 1. The van der Waals surface area contributed by atoms with Gasteiger partial charge in [0, 0.05) is 25.7 Å². The molecule has 0 bridgehead atoms. The fourth-order valence-corrected chi connectivity index (χ4v) is 6.03. The summed E-state index contributed by atoms with van der Waals surface area (Å²) in [5.41, 5.74) is 1.74. The van der Waals surface area contributed by atoms with Gasteiger partial charge in [0.1, 0.15) is 0 Å². The summed E-state index contributed by atoms with van der Waals surface area (Å²) in [5, 5.41) is 0. The van der Waals surface area contributed by atoms with Crippen molar-refractivity contribution in [1.82, 2.24) is 4.31 Å². The van der Waals surface area contributed by atoms with Crippen molar-refractivity contribution < 1.29 is 22.7 Å². The van der Waals surface area contributed by atoms with Gasteiger partial charge in [0.15, 0.2) is 6.29 Å². The molecule has 0 radical (unpaired) electrons. The number of aryl methyl sites for hydroxylation is 1. The third-order valence-electron chi connectivity index (χ3n) is 5.62. The molecule has 148 valence electrons. The summed E-state index contributed by atoms with van der Waals surface area (Å²) in [6.07, 6.45) is 3.69. The molecule has 3 heterocycles. The number of carbonyl (C=O) groups is 1. The molecule has 4 rings (SSSR count). The number of rotatable bonds is 3. The normalized spacial score (nSPS) is 24.8. The fraction of sp³-hybridized carbons (Fsp3) is 0.632. The van der Waals surface area contributed by atoms with E-state index in [1.165, 1.54) is 0 Å². The lowest BCUT2D eigenvalue weighted by Crippen LogP contribution is -2.50. The highest BCUT2D eigenvalue weighted by Gasteiger charge is 2.40. The Labute approximate surface area is 160 Å². The van der Waals surface area contributed by atoms with Gasteiger partial charge in [-0.25, -0.2) is 8.42 Å². The minimum atomic E-state index is -3.65. The van der Waals surface area contributed by atoms with Crippen LogP contribution >= 0.6 is 0 Å². The first-order valence-electron chi connectivity index (χ1n) is 9.64. The molecule has 7 nitrogen and oxygen atoms in total. The summed E-state index contributed by atoms with van der Waals surface area (Å²) < 4.78 is 39.6. The second kappa shape index (κ2) is 7.50. The highest BCUT2D eigenvalue weighted by molar-refractivity contribution is 7.89. The second-order valence-electron chi connectivity index (χ2n) is 7.35. The fourth-order valence-electron chi connectivity index (χ4n) is 4.30. The molecule has 3 aliphatic heterocycles. The van der Waals surface area contributed by atoms with E-state index in [1.807, 2.05) is 0 Å². The Morgan fingerprint density at radius 3 is 2.63 bits per heavy atom. The van der Waals surface area contributed by atoms with Gasteiger partial charge < -0.3 is 14.4 Å². The Hall–Kier alpha value is -1.48. The zero-order valence-electron chi connectivity index (χ0n) is 15.6. The Morgan fingerprint density at radius 2 is 1.89 bits per heavy atom. The summed E-state index contributed by atoms with van der Waals surface area (Å²) in [7, 11) is -3.65. The van der Waals surface area contributed by atoms with E-state index in [0.29, 0.717) is 26.3 Å². The summed E-state index contributed by atoms with van der Waals surface area (Å²) in [6, 6.07) is 4.85. The number of hydrogen-bond acceptors (Lipinski definition) is 5. The van der Waals surface area contributed by atoms with Gasteiger partial charge in [0.2, 0.25) is 15.9 Å². The van der Waals surface area contributed by atoms with Gasteiger partial charge in [-0.15, -0.1) is 0 Å². The topological polar surface area (TPSA) is 76.2 Å². The minimum Gasteiger partial charge on any atom is -0.349 e. The zero-order valence-corrected chi connectivity index (χ0v) is 16.4. The molecular weight excluding hydrogens is 368 g/mol. The van der Waals surface area contributed by atoms with Crippen molar-refractivity contribution in [3.05, 3.63) is 23.8 Å². The van der Waals surface area contributed by atoms with E-state index >= 15 is 0 Å². The van der Waals surface area contributed by atoms with Crippen molar-refractivity contribution in [1.29, 1.82) is 0 Å². The van der Waals surface area contributed by atoms with Crippen LogP contribution in [0.2, 0.25) is 0 Å². The predicted octanol–water partition coefficient (Wildman–Crippen LogP) is 1.90. The molecule has 2 saturated heterocycles. The number of fused-ring (bicyclic) bond motifs is 1. The third-order valence-corrected chi connectivity index (χ3v) is 7.54. The molecule has 0 N–H and O–H groups in total. The number of sulfonamides is 1. The van der Waals surface area contributed by atoms with Crippen LogP contribution in [0, 0.1) is 0 Å². The predicted molar refractivity (Wildman–Crippen MR) is 100 cm³/mol. The molecule has 0 aliphatic carbocycles. The molecule has 1 atom stereocenters. The smallest absolute Gasteiger partial charge is 0.243 e. The number of nitrogens with zero attached hydrogens (tertiary/aromatic N) is 2. The monoisotopic (exact) mass is 394 g/mol. The maximum atomic E-state index is 13.4. The molecule has 1 amide bonds. The summed E-state index contributed by atoms with van der Waals surface area (Å²) in [5.74, 6) is -0.0156. The van der Waals surface area contributed by atoms with Crippen LogP contribution in [0.1, 0.15) is 38.2 Å². The van der Waals surface area contributed by atoms with Crippen molar-refractivity contribution in [2.24, 2.45) is 0 Å². The van der Waals surface area contributed by atoms with Gasteiger partial charge in [0.05, 0.1) is 24.2 Å². The van der Waals surface area contributed by atoms with Crippen molar-refractivity contribution >= 4 is 21.6 Å². The Morgan fingerprint density at radius 1 is 1.11 bits per heavy atom. The first-order chi connectivity index (χ1) is 13.0. The van der Waals surface area contributed by atoms with Crippen LogP contribution < -0.4 is 4.90 Å². The number of carbonyl (C=O) groups excluding carboxylic acids is 1. The highest BCUT2D eigenvalue weighted by Crippen LogP contribution is 2.33. The van der Waals surface area contributed by atoms with Gasteiger partial charge in [-0.2, -0.15) is 4.31 Å². The first-order valence-corrected chi connectivity index (χ1v) is 11.1. The number of amides is 1. The van der Waals surface area contributed by atoms with E-state index in [4.69, 9.17) is 9.47 Å². The molecule has 1 aromatic carbocycles. The average molecular weight is 394 g/mol. The Kier molecular flexibility index (Phi) is 5.24. The number of ether oxygens (including phenoxy) is 2. The van der Waals surface area contributed by atoms with Gasteiger partial charge in [-0.3, -0.25) is 4.79 Å². The van der Waals surface area contributed by atoms with E-state index in [0.717, 1.165) is 43.4 Å². The van der Waals surface area contributed by atoms with Crippen molar-refractivity contribution in [2.75, 3.05) is 31.2 Å². The van der Waals surface area contributed by atoms with E-state index in [9.17, 15) is 13.2 Å². The molecule has 3 aliphatic rings. The average Bonchev–Trinajstić information content (AvgIpc) is 3.21. The second-order valence-corrected chi connectivity index (χ2v) is 9.24. The first kappa shape index (κ1) is 18.9. The van der Waals surface area contributed by atoms with Crippen LogP contribution in [-0.2, 0) is 30.7 Å². The Bertz CT molecular complexity index is 819. The lowest BCUT2D eigenvalue weighted by atomic mass is 10.0. The molecule has 0 aromatic heterocycles. The van der Waals surface area contributed by atoms with Crippen LogP contribution in [0.3, 0.4) is 0 Å². The quantitative estimate of drug-likeness (QED) is 0.783. The van der Waals surface area contributed by atoms with E-state index in [2.05, 4.69) is 0 Å². The molecule has 0 saturated carbocycles. The molecule has 0 spiro atoms. The SMILES string of the molecule is CC(=O)N1CCCc2cc(S(=O)(=O)N3CCCCC3C3OCCO3)ccc21. The number of anilines is 1. The summed E-state index contributed by atoms with van der Waals surface area (Å²) in [6.45, 7) is 3.72. The van der Waals surface area contributed by atoms with Crippen LogP contribution in [0.15, 0.2) is 23.1 Å².